The molecule has 0 amide bonds. The monoisotopic (exact) mass is 208 g/mol. The number of thioether (sulfide) groups is 1. The van der Waals surface area contributed by atoms with Crippen LogP contribution in [0.1, 0.15) is 16.7 Å². The summed E-state index contributed by atoms with van der Waals surface area (Å²) in [6, 6.07) is 6.27. The van der Waals surface area contributed by atoms with Crippen molar-refractivity contribution in [1.82, 2.24) is 0 Å². The molecule has 1 aromatic rings. The topological polar surface area (TPSA) is 17.1 Å². The van der Waals surface area contributed by atoms with Crippen LogP contribution in [0.3, 0.4) is 0 Å². The summed E-state index contributed by atoms with van der Waals surface area (Å²) in [5, 5.41) is 0. The highest BCUT2D eigenvalue weighted by Gasteiger charge is 2.05. The van der Waals surface area contributed by atoms with Gasteiger partial charge in [-0.05, 0) is 31.2 Å². The number of carbonyl (C=O) groups excluding carboxylic acids is 1. The van der Waals surface area contributed by atoms with Crippen molar-refractivity contribution < 1.29 is 4.79 Å². The van der Waals surface area contributed by atoms with E-state index >= 15 is 0 Å². The molecule has 0 aromatic heterocycles. The highest BCUT2D eigenvalue weighted by atomic mass is 32.2. The lowest BCUT2D eigenvalue weighted by atomic mass is 10.0. The maximum Gasteiger partial charge on any atom is 0.147 e. The number of hydrogen-bond acceptors (Lipinski definition) is 2. The van der Waals surface area contributed by atoms with Crippen molar-refractivity contribution in [2.24, 2.45) is 0 Å². The molecule has 0 aliphatic heterocycles. The predicted octanol–water partition coefficient (Wildman–Crippen LogP) is 2.78. The largest absolute Gasteiger partial charge is 0.298 e. The molecule has 0 fully saturated rings. The van der Waals surface area contributed by atoms with Crippen molar-refractivity contribution in [1.29, 1.82) is 0 Å². The third-order valence-corrected chi connectivity index (χ3v) is 2.81. The molecule has 1 nitrogen and oxygen atoms in total. The Hall–Kier alpha value is -0.760. The van der Waals surface area contributed by atoms with Crippen LogP contribution in [0.25, 0.3) is 0 Å². The van der Waals surface area contributed by atoms with Gasteiger partial charge in [0.15, 0.2) is 0 Å². The minimum Gasteiger partial charge on any atom is -0.298 e. The summed E-state index contributed by atoms with van der Waals surface area (Å²) in [4.78, 5) is 11.5. The Morgan fingerprint density at radius 2 is 2.07 bits per heavy atom. The second-order valence-corrected chi connectivity index (χ2v) is 4.44. The molecule has 1 rings (SSSR count). The Balaban J connectivity index is 2.75. The lowest BCUT2D eigenvalue weighted by Crippen LogP contribution is -2.06. The SMILES string of the molecule is CSCC(=O)Cc1cc(C)ccc1C. The Labute approximate surface area is 89.9 Å². The molecular weight excluding hydrogens is 192 g/mol. The number of ketones is 1. The van der Waals surface area contributed by atoms with Crippen LogP contribution < -0.4 is 0 Å². The summed E-state index contributed by atoms with van der Waals surface area (Å²) in [5.41, 5.74) is 3.61. The average Bonchev–Trinajstić information content (AvgIpc) is 2.12. The van der Waals surface area contributed by atoms with Crippen molar-refractivity contribution in [3.63, 3.8) is 0 Å². The van der Waals surface area contributed by atoms with E-state index in [4.69, 9.17) is 0 Å². The zero-order valence-electron chi connectivity index (χ0n) is 8.96. The molecule has 1 aromatic carbocycles. The lowest BCUT2D eigenvalue weighted by molar-refractivity contribution is -0.116. The van der Waals surface area contributed by atoms with Gasteiger partial charge in [0.05, 0.1) is 5.75 Å². The summed E-state index contributed by atoms with van der Waals surface area (Å²) in [7, 11) is 0. The minimum atomic E-state index is 0.311. The summed E-state index contributed by atoms with van der Waals surface area (Å²) in [6.07, 6.45) is 2.54. The Morgan fingerprint density at radius 3 is 2.71 bits per heavy atom. The maximum atomic E-state index is 11.5. The van der Waals surface area contributed by atoms with Crippen LogP contribution in [0.15, 0.2) is 18.2 Å². The normalized spacial score (nSPS) is 10.2. The molecule has 0 aliphatic carbocycles. The van der Waals surface area contributed by atoms with Gasteiger partial charge in [-0.15, -0.1) is 0 Å². The fourth-order valence-electron chi connectivity index (χ4n) is 1.42. The Morgan fingerprint density at radius 1 is 1.36 bits per heavy atom. The molecule has 76 valence electrons. The average molecular weight is 208 g/mol. The van der Waals surface area contributed by atoms with Gasteiger partial charge in [-0.3, -0.25) is 4.79 Å². The van der Waals surface area contributed by atoms with Crippen LogP contribution in [0.5, 0.6) is 0 Å². The molecule has 0 unspecified atom stereocenters. The first-order chi connectivity index (χ1) is 6.63. The van der Waals surface area contributed by atoms with E-state index in [9.17, 15) is 4.79 Å². The molecular formula is C12H16OS. The van der Waals surface area contributed by atoms with Crippen molar-refractivity contribution in [3.05, 3.63) is 34.9 Å². The van der Waals surface area contributed by atoms with Crippen LogP contribution in [0.2, 0.25) is 0 Å². The van der Waals surface area contributed by atoms with E-state index < -0.39 is 0 Å². The second-order valence-electron chi connectivity index (χ2n) is 3.58. The van der Waals surface area contributed by atoms with Gasteiger partial charge in [-0.25, -0.2) is 0 Å². The molecule has 0 radical (unpaired) electrons. The summed E-state index contributed by atoms with van der Waals surface area (Å²) in [5.74, 6) is 0.930. The predicted molar refractivity (Wildman–Crippen MR) is 63.0 cm³/mol. The van der Waals surface area contributed by atoms with E-state index in [1.54, 1.807) is 11.8 Å². The molecule has 0 saturated heterocycles. The third kappa shape index (κ3) is 3.18. The first-order valence-corrected chi connectivity index (χ1v) is 6.09. The van der Waals surface area contributed by atoms with Crippen molar-refractivity contribution in [2.45, 2.75) is 20.3 Å². The van der Waals surface area contributed by atoms with Crippen molar-refractivity contribution in [2.75, 3.05) is 12.0 Å². The lowest BCUT2D eigenvalue weighted by Gasteiger charge is -2.05. The van der Waals surface area contributed by atoms with Gasteiger partial charge in [0, 0.05) is 6.42 Å². The van der Waals surface area contributed by atoms with E-state index in [2.05, 4.69) is 32.0 Å². The second kappa shape index (κ2) is 5.20. The van der Waals surface area contributed by atoms with Crippen LogP contribution in [0, 0.1) is 13.8 Å². The summed E-state index contributed by atoms with van der Waals surface area (Å²) < 4.78 is 0. The number of benzene rings is 1. The Bertz CT molecular complexity index is 331. The quantitative estimate of drug-likeness (QED) is 0.757. The number of Topliss-reactive ketones (excluding diaryl/α,β-unsaturated/α-hetero) is 1. The van der Waals surface area contributed by atoms with Gasteiger partial charge in [0.2, 0.25) is 0 Å². The Kier molecular flexibility index (Phi) is 4.21. The zero-order chi connectivity index (χ0) is 10.6. The molecule has 0 heterocycles. The van der Waals surface area contributed by atoms with Crippen molar-refractivity contribution >= 4 is 17.5 Å². The van der Waals surface area contributed by atoms with Crippen LogP contribution in [0.4, 0.5) is 0 Å². The molecule has 0 saturated carbocycles. The van der Waals surface area contributed by atoms with Crippen LogP contribution in [-0.4, -0.2) is 17.8 Å². The van der Waals surface area contributed by atoms with Gasteiger partial charge in [0.1, 0.15) is 5.78 Å². The van der Waals surface area contributed by atoms with Gasteiger partial charge < -0.3 is 0 Å². The number of aryl methyl sites for hydroxylation is 2. The summed E-state index contributed by atoms with van der Waals surface area (Å²) in [6.45, 7) is 4.11. The minimum absolute atomic E-state index is 0.311. The highest BCUT2D eigenvalue weighted by molar-refractivity contribution is 7.99. The van der Waals surface area contributed by atoms with Crippen LogP contribution >= 0.6 is 11.8 Å². The molecule has 0 spiro atoms. The third-order valence-electron chi connectivity index (χ3n) is 2.20. The maximum absolute atomic E-state index is 11.5. The zero-order valence-corrected chi connectivity index (χ0v) is 9.78. The van der Waals surface area contributed by atoms with E-state index in [1.807, 2.05) is 6.26 Å². The van der Waals surface area contributed by atoms with Crippen molar-refractivity contribution in [3.8, 4) is 0 Å². The van der Waals surface area contributed by atoms with E-state index in [0.717, 1.165) is 0 Å². The van der Waals surface area contributed by atoms with Gasteiger partial charge >= 0.3 is 0 Å². The van der Waals surface area contributed by atoms with E-state index in [1.165, 1.54) is 16.7 Å². The van der Waals surface area contributed by atoms with E-state index in [0.29, 0.717) is 18.0 Å². The fraction of sp³-hybridized carbons (Fsp3) is 0.417. The molecule has 0 N–H and O–H groups in total. The summed E-state index contributed by atoms with van der Waals surface area (Å²) >= 11 is 1.59. The van der Waals surface area contributed by atoms with Gasteiger partial charge in [0.25, 0.3) is 0 Å². The number of hydrogen-bond donors (Lipinski definition) is 0. The first-order valence-electron chi connectivity index (χ1n) is 4.70. The molecule has 0 bridgehead atoms. The van der Waals surface area contributed by atoms with Crippen LogP contribution in [-0.2, 0) is 11.2 Å². The van der Waals surface area contributed by atoms with Gasteiger partial charge in [-0.1, -0.05) is 23.8 Å². The fourth-order valence-corrected chi connectivity index (χ4v) is 1.84. The number of carbonyl (C=O) groups is 1. The standard InChI is InChI=1S/C12H16OS/c1-9-4-5-10(2)11(6-9)7-12(13)8-14-3/h4-6H,7-8H2,1-3H3. The first kappa shape index (κ1) is 11.3. The molecule has 2 heteroatoms. The molecule has 14 heavy (non-hydrogen) atoms. The molecule has 0 atom stereocenters. The van der Waals surface area contributed by atoms with Gasteiger partial charge in [-0.2, -0.15) is 11.8 Å². The number of rotatable bonds is 4. The smallest absolute Gasteiger partial charge is 0.147 e. The van der Waals surface area contributed by atoms with E-state index in [-0.39, 0.29) is 0 Å². The highest BCUT2D eigenvalue weighted by Crippen LogP contribution is 2.12. The molecule has 0 aliphatic rings.